The summed E-state index contributed by atoms with van der Waals surface area (Å²) in [6, 6.07) is 15.1. The lowest BCUT2D eigenvalue weighted by Gasteiger charge is -2.46. The van der Waals surface area contributed by atoms with Crippen LogP contribution >= 0.6 is 34.8 Å². The van der Waals surface area contributed by atoms with E-state index in [4.69, 9.17) is 34.8 Å². The zero-order chi connectivity index (χ0) is 21.1. The summed E-state index contributed by atoms with van der Waals surface area (Å²) in [6.45, 7) is 5.46. The molecule has 2 aromatic carbocycles. The summed E-state index contributed by atoms with van der Waals surface area (Å²) in [4.78, 5) is 5.18. The molecule has 1 heterocycles. The lowest BCUT2D eigenvalue weighted by atomic mass is 9.88. The van der Waals surface area contributed by atoms with E-state index in [9.17, 15) is 0 Å². The minimum absolute atomic E-state index is 0.249. The van der Waals surface area contributed by atoms with E-state index in [1.165, 1.54) is 44.1 Å². The fourth-order valence-electron chi connectivity index (χ4n) is 5.17. The fraction of sp³-hybridized carbons (Fsp3) is 0.520. The quantitative estimate of drug-likeness (QED) is 0.455. The molecule has 1 saturated carbocycles. The second kappa shape index (κ2) is 10.1. The Morgan fingerprint density at radius 2 is 1.47 bits per heavy atom. The van der Waals surface area contributed by atoms with Gasteiger partial charge in [0.2, 0.25) is 0 Å². The van der Waals surface area contributed by atoms with Crippen molar-refractivity contribution < 1.29 is 0 Å². The third-order valence-corrected chi connectivity index (χ3v) is 7.66. The van der Waals surface area contributed by atoms with Gasteiger partial charge in [-0.25, -0.2) is 0 Å². The molecule has 30 heavy (non-hydrogen) atoms. The Morgan fingerprint density at radius 1 is 0.800 bits per heavy atom. The van der Waals surface area contributed by atoms with Crippen LogP contribution in [0.3, 0.4) is 0 Å². The van der Waals surface area contributed by atoms with E-state index in [0.717, 1.165) is 41.3 Å². The zero-order valence-corrected chi connectivity index (χ0v) is 19.9. The molecule has 4 rings (SSSR count). The van der Waals surface area contributed by atoms with Crippen LogP contribution in [0.15, 0.2) is 42.5 Å². The van der Waals surface area contributed by atoms with Gasteiger partial charge in [0, 0.05) is 35.7 Å². The molecule has 0 radical (unpaired) electrons. The van der Waals surface area contributed by atoms with E-state index < -0.39 is 0 Å². The topological polar surface area (TPSA) is 6.48 Å². The molecule has 2 aliphatic rings. The van der Waals surface area contributed by atoms with Crippen LogP contribution in [0.5, 0.6) is 0 Å². The molecule has 1 unspecified atom stereocenters. The molecule has 1 atom stereocenters. The summed E-state index contributed by atoms with van der Waals surface area (Å²) in [7, 11) is 0. The molecular formula is C25H31Cl3N2. The highest BCUT2D eigenvalue weighted by molar-refractivity contribution is 6.36. The molecule has 1 aliphatic carbocycles. The molecule has 5 heteroatoms. The van der Waals surface area contributed by atoms with Crippen LogP contribution in [0, 0.1) is 5.92 Å². The Balaban J connectivity index is 1.59. The van der Waals surface area contributed by atoms with Gasteiger partial charge >= 0.3 is 0 Å². The van der Waals surface area contributed by atoms with Crippen LogP contribution < -0.4 is 4.90 Å². The van der Waals surface area contributed by atoms with Gasteiger partial charge in [0.15, 0.2) is 0 Å². The molecule has 1 aliphatic heterocycles. The zero-order valence-electron chi connectivity index (χ0n) is 17.7. The Bertz CT molecular complexity index is 829. The predicted molar refractivity (Wildman–Crippen MR) is 130 cm³/mol. The van der Waals surface area contributed by atoms with E-state index in [2.05, 4.69) is 34.9 Å². The van der Waals surface area contributed by atoms with Gasteiger partial charge in [-0.1, -0.05) is 79.5 Å². The number of halogens is 3. The highest BCUT2D eigenvalue weighted by Gasteiger charge is 2.33. The predicted octanol–water partition coefficient (Wildman–Crippen LogP) is 7.87. The average molecular weight is 466 g/mol. The maximum Gasteiger partial charge on any atom is 0.0670 e. The number of anilines is 1. The molecule has 0 amide bonds. The van der Waals surface area contributed by atoms with Gasteiger partial charge in [0.25, 0.3) is 0 Å². The lowest BCUT2D eigenvalue weighted by molar-refractivity contribution is 0.132. The highest BCUT2D eigenvalue weighted by Crippen LogP contribution is 2.38. The first-order valence-corrected chi connectivity index (χ1v) is 12.4. The molecular weight excluding hydrogens is 435 g/mol. The normalized spacial score (nSPS) is 26.3. The Hall–Kier alpha value is -0.930. The maximum atomic E-state index is 6.62. The van der Waals surface area contributed by atoms with Gasteiger partial charge in [-0.15, -0.1) is 0 Å². The minimum Gasteiger partial charge on any atom is -0.361 e. The molecule has 1 saturated heterocycles. The summed E-state index contributed by atoms with van der Waals surface area (Å²) in [5, 5.41) is 2.17. The standard InChI is InChI=1S/C25H31Cl3N2/c1-18-4-2-6-22(7-3-5-18)29-14-15-30(24-13-12-21(27)16-23(24)28)25(17-29)19-8-10-20(26)11-9-19/h8-13,16,18,22,25H,2-7,14-15,17H2,1H3. The summed E-state index contributed by atoms with van der Waals surface area (Å²) in [5.74, 6) is 0.886. The second-order valence-corrected chi connectivity index (χ2v) is 10.3. The summed E-state index contributed by atoms with van der Waals surface area (Å²) in [5.41, 5.74) is 2.35. The summed E-state index contributed by atoms with van der Waals surface area (Å²) in [6.07, 6.45) is 8.08. The van der Waals surface area contributed by atoms with Gasteiger partial charge in [0.1, 0.15) is 0 Å². The van der Waals surface area contributed by atoms with E-state index in [0.29, 0.717) is 11.1 Å². The first kappa shape index (κ1) is 22.3. The van der Waals surface area contributed by atoms with Gasteiger partial charge in [-0.3, -0.25) is 4.90 Å². The SMILES string of the molecule is CC1CCCC(N2CCN(c3ccc(Cl)cc3Cl)C(c3ccc(Cl)cc3)C2)CCC1. The number of piperazine rings is 1. The highest BCUT2D eigenvalue weighted by atomic mass is 35.5. The molecule has 0 N–H and O–H groups in total. The monoisotopic (exact) mass is 464 g/mol. The van der Waals surface area contributed by atoms with Crippen molar-refractivity contribution >= 4 is 40.5 Å². The van der Waals surface area contributed by atoms with E-state index in [1.807, 2.05) is 24.3 Å². The van der Waals surface area contributed by atoms with Crippen LogP contribution in [0.2, 0.25) is 15.1 Å². The van der Waals surface area contributed by atoms with Crippen LogP contribution in [-0.4, -0.2) is 30.6 Å². The van der Waals surface area contributed by atoms with Crippen LogP contribution in [0.25, 0.3) is 0 Å². The van der Waals surface area contributed by atoms with Crippen molar-refractivity contribution in [3.63, 3.8) is 0 Å². The Labute approximate surface area is 196 Å². The number of hydrogen-bond acceptors (Lipinski definition) is 2. The molecule has 2 fully saturated rings. The average Bonchev–Trinajstić information content (AvgIpc) is 2.71. The first-order valence-electron chi connectivity index (χ1n) is 11.2. The minimum atomic E-state index is 0.249. The molecule has 0 spiro atoms. The number of nitrogens with zero attached hydrogens (tertiary/aromatic N) is 2. The van der Waals surface area contributed by atoms with E-state index in [1.54, 1.807) is 0 Å². The second-order valence-electron chi connectivity index (χ2n) is 8.97. The maximum absolute atomic E-state index is 6.62. The van der Waals surface area contributed by atoms with Crippen molar-refractivity contribution in [2.75, 3.05) is 24.5 Å². The summed E-state index contributed by atoms with van der Waals surface area (Å²) < 4.78 is 0. The van der Waals surface area contributed by atoms with Gasteiger partial charge in [0.05, 0.1) is 16.8 Å². The van der Waals surface area contributed by atoms with Crippen molar-refractivity contribution in [3.05, 3.63) is 63.1 Å². The van der Waals surface area contributed by atoms with Crippen molar-refractivity contribution in [2.45, 2.75) is 57.5 Å². The smallest absolute Gasteiger partial charge is 0.0670 e. The van der Waals surface area contributed by atoms with Crippen molar-refractivity contribution in [2.24, 2.45) is 5.92 Å². The molecule has 2 nitrogen and oxygen atoms in total. The van der Waals surface area contributed by atoms with Gasteiger partial charge in [-0.2, -0.15) is 0 Å². The molecule has 0 aromatic heterocycles. The third kappa shape index (κ3) is 5.27. The number of benzene rings is 2. The van der Waals surface area contributed by atoms with Crippen LogP contribution in [-0.2, 0) is 0 Å². The number of hydrogen-bond donors (Lipinski definition) is 0. The lowest BCUT2D eigenvalue weighted by Crippen LogP contribution is -2.52. The van der Waals surface area contributed by atoms with Crippen LogP contribution in [0.1, 0.15) is 57.1 Å². The Kier molecular flexibility index (Phi) is 7.52. The van der Waals surface area contributed by atoms with Gasteiger partial charge < -0.3 is 4.90 Å². The molecule has 162 valence electrons. The Morgan fingerprint density at radius 3 is 2.13 bits per heavy atom. The van der Waals surface area contributed by atoms with E-state index >= 15 is 0 Å². The molecule has 0 bridgehead atoms. The van der Waals surface area contributed by atoms with Crippen LogP contribution in [0.4, 0.5) is 5.69 Å². The van der Waals surface area contributed by atoms with E-state index in [-0.39, 0.29) is 6.04 Å². The van der Waals surface area contributed by atoms with Crippen molar-refractivity contribution in [1.29, 1.82) is 0 Å². The fourth-order valence-corrected chi connectivity index (χ4v) is 5.81. The van der Waals surface area contributed by atoms with Crippen molar-refractivity contribution in [3.8, 4) is 0 Å². The molecule has 2 aromatic rings. The number of rotatable bonds is 3. The van der Waals surface area contributed by atoms with Crippen molar-refractivity contribution in [1.82, 2.24) is 4.90 Å². The summed E-state index contributed by atoms with van der Waals surface area (Å²) >= 11 is 19.0. The largest absolute Gasteiger partial charge is 0.361 e. The first-order chi connectivity index (χ1) is 14.5. The third-order valence-electron chi connectivity index (χ3n) is 6.87. The van der Waals surface area contributed by atoms with Gasteiger partial charge in [-0.05, 0) is 54.7 Å².